The molecule has 18 heavy (non-hydrogen) atoms. The fourth-order valence-corrected chi connectivity index (χ4v) is 0.534. The fourth-order valence-electron chi connectivity index (χ4n) is 0.534. The van der Waals surface area contributed by atoms with Crippen LogP contribution in [0.2, 0.25) is 0 Å². The van der Waals surface area contributed by atoms with Crippen LogP contribution in [0.4, 0.5) is 0 Å². The second kappa shape index (κ2) is 8.70. The normalized spacial score (nSPS) is 10.5. The average Bonchev–Trinajstić information content (AvgIpc) is 2.16. The number of hydrogen-bond donors (Lipinski definition) is 5. The Bertz CT molecular complexity index is 362. The first-order chi connectivity index (χ1) is 8.07. The smallest absolute Gasteiger partial charge is 0.331 e. The number of aliphatic carboxylic acids is 4. The van der Waals surface area contributed by atoms with Crippen molar-refractivity contribution in [2.75, 3.05) is 0 Å². The molecule has 0 aliphatic carbocycles. The van der Waals surface area contributed by atoms with Gasteiger partial charge in [-0.2, -0.15) is 0 Å². The van der Waals surface area contributed by atoms with E-state index < -0.39 is 42.8 Å². The van der Waals surface area contributed by atoms with Crippen LogP contribution in [0.3, 0.4) is 0 Å². The lowest BCUT2D eigenvalue weighted by atomic mass is 10.2. The van der Waals surface area contributed by atoms with Gasteiger partial charge in [-0.1, -0.05) is 6.58 Å². The zero-order chi connectivity index (χ0) is 14.9. The van der Waals surface area contributed by atoms with Crippen LogP contribution < -0.4 is 5.73 Å². The molecule has 9 nitrogen and oxygen atoms in total. The van der Waals surface area contributed by atoms with Gasteiger partial charge in [-0.3, -0.25) is 14.4 Å². The standard InChI is InChI=1S/C5H6O4.C4H7NO4/c1-3(5(8)9)2-4(6)7;5-2(4(8)9)1-3(6)7/h1-2H2,(H,6,7)(H,8,9);2H,1,5H2,(H,6,7)(H,8,9)/t;2-/m.0/s1. The highest BCUT2D eigenvalue weighted by atomic mass is 16.4. The van der Waals surface area contributed by atoms with Crippen molar-refractivity contribution < 1.29 is 39.6 Å². The van der Waals surface area contributed by atoms with Crippen molar-refractivity contribution in [2.45, 2.75) is 18.9 Å². The van der Waals surface area contributed by atoms with Gasteiger partial charge in [-0.05, 0) is 0 Å². The monoisotopic (exact) mass is 263 g/mol. The number of hydrogen-bond acceptors (Lipinski definition) is 5. The van der Waals surface area contributed by atoms with Crippen molar-refractivity contribution in [3.8, 4) is 0 Å². The molecule has 0 radical (unpaired) electrons. The fraction of sp³-hybridized carbons (Fsp3) is 0.333. The molecule has 0 bridgehead atoms. The summed E-state index contributed by atoms with van der Waals surface area (Å²) in [7, 11) is 0. The molecule has 1 atom stereocenters. The lowest BCUT2D eigenvalue weighted by molar-refractivity contribution is -0.144. The third kappa shape index (κ3) is 11.7. The molecule has 0 rings (SSSR count). The van der Waals surface area contributed by atoms with Gasteiger partial charge in [-0.15, -0.1) is 0 Å². The van der Waals surface area contributed by atoms with Crippen LogP contribution in [-0.4, -0.2) is 50.3 Å². The molecule has 0 aliphatic rings. The van der Waals surface area contributed by atoms with E-state index in [0.717, 1.165) is 0 Å². The largest absolute Gasteiger partial charge is 0.481 e. The number of carbonyl (C=O) groups is 4. The van der Waals surface area contributed by atoms with Crippen LogP contribution in [0, 0.1) is 0 Å². The molecular weight excluding hydrogens is 250 g/mol. The summed E-state index contributed by atoms with van der Waals surface area (Å²) in [6.45, 7) is 3.01. The van der Waals surface area contributed by atoms with Gasteiger partial charge in [0.25, 0.3) is 0 Å². The van der Waals surface area contributed by atoms with Gasteiger partial charge in [0, 0.05) is 5.57 Å². The summed E-state index contributed by atoms with van der Waals surface area (Å²) in [5, 5.41) is 32.1. The zero-order valence-electron chi connectivity index (χ0n) is 9.20. The van der Waals surface area contributed by atoms with E-state index in [9.17, 15) is 19.2 Å². The molecule has 102 valence electrons. The Morgan fingerprint density at radius 3 is 1.56 bits per heavy atom. The summed E-state index contributed by atoms with van der Waals surface area (Å²) in [6.07, 6.45) is -1.04. The second-order valence-electron chi connectivity index (χ2n) is 3.02. The first-order valence-electron chi connectivity index (χ1n) is 4.41. The number of nitrogens with two attached hydrogens (primary N) is 1. The quantitative estimate of drug-likeness (QED) is 0.375. The molecule has 6 N–H and O–H groups in total. The molecule has 0 aromatic rings. The van der Waals surface area contributed by atoms with E-state index in [2.05, 4.69) is 6.58 Å². The molecule has 0 spiro atoms. The Labute approximate surface area is 101 Å². The molecule has 0 heterocycles. The predicted octanol–water partition coefficient (Wildman–Crippen LogP) is -1.03. The Balaban J connectivity index is 0. The van der Waals surface area contributed by atoms with Crippen LogP contribution in [0.25, 0.3) is 0 Å². The minimum atomic E-state index is -1.29. The van der Waals surface area contributed by atoms with E-state index in [1.807, 2.05) is 0 Å². The molecule has 0 aromatic heterocycles. The van der Waals surface area contributed by atoms with Crippen molar-refractivity contribution in [1.82, 2.24) is 0 Å². The van der Waals surface area contributed by atoms with Gasteiger partial charge in [-0.25, -0.2) is 4.79 Å². The Hall–Kier alpha value is -2.42. The number of carboxylic acid groups (broad SMARTS) is 4. The van der Waals surface area contributed by atoms with E-state index in [1.165, 1.54) is 0 Å². The maximum absolute atomic E-state index is 9.87. The minimum absolute atomic E-state index is 0.303. The van der Waals surface area contributed by atoms with Crippen molar-refractivity contribution >= 4 is 23.9 Å². The molecule has 0 amide bonds. The van der Waals surface area contributed by atoms with Crippen LogP contribution in [0.1, 0.15) is 12.8 Å². The van der Waals surface area contributed by atoms with Crippen LogP contribution in [0.5, 0.6) is 0 Å². The number of carboxylic acids is 4. The van der Waals surface area contributed by atoms with Crippen LogP contribution in [0.15, 0.2) is 12.2 Å². The third-order valence-corrected chi connectivity index (χ3v) is 1.38. The predicted molar refractivity (Wildman–Crippen MR) is 56.9 cm³/mol. The first-order valence-corrected chi connectivity index (χ1v) is 4.41. The Morgan fingerprint density at radius 1 is 1.00 bits per heavy atom. The maximum atomic E-state index is 9.87. The summed E-state index contributed by atoms with van der Waals surface area (Å²) < 4.78 is 0. The van der Waals surface area contributed by atoms with Gasteiger partial charge in [0.1, 0.15) is 6.04 Å². The second-order valence-corrected chi connectivity index (χ2v) is 3.02. The molecular formula is C9H13NO8. The summed E-state index contributed by atoms with van der Waals surface area (Å²) in [5.41, 5.74) is 4.53. The highest BCUT2D eigenvalue weighted by Gasteiger charge is 2.14. The van der Waals surface area contributed by atoms with E-state index in [-0.39, 0.29) is 5.57 Å². The highest BCUT2D eigenvalue weighted by Crippen LogP contribution is 1.95. The SMILES string of the molecule is C=C(CC(=O)O)C(=O)O.N[C@@H](CC(=O)O)C(=O)O. The highest BCUT2D eigenvalue weighted by molar-refractivity contribution is 5.91. The molecule has 0 saturated carbocycles. The lowest BCUT2D eigenvalue weighted by Crippen LogP contribution is -2.32. The molecule has 9 heteroatoms. The van der Waals surface area contributed by atoms with Gasteiger partial charge in [0.15, 0.2) is 0 Å². The van der Waals surface area contributed by atoms with E-state index >= 15 is 0 Å². The Morgan fingerprint density at radius 2 is 1.44 bits per heavy atom. The molecule has 0 saturated heterocycles. The first kappa shape index (κ1) is 18.0. The van der Waals surface area contributed by atoms with Gasteiger partial charge in [0.2, 0.25) is 0 Å². The number of rotatable bonds is 6. The van der Waals surface area contributed by atoms with Crippen molar-refractivity contribution in [3.05, 3.63) is 12.2 Å². The van der Waals surface area contributed by atoms with E-state index in [0.29, 0.717) is 0 Å². The Kier molecular flexibility index (Phi) is 8.68. The summed E-state index contributed by atoms with van der Waals surface area (Å²) in [4.78, 5) is 39.3. The van der Waals surface area contributed by atoms with E-state index in [1.54, 1.807) is 0 Å². The summed E-state index contributed by atoms with van der Waals surface area (Å²) in [5.74, 6) is -4.94. The zero-order valence-corrected chi connectivity index (χ0v) is 9.20. The summed E-state index contributed by atoms with van der Waals surface area (Å²) in [6, 6.07) is -1.29. The summed E-state index contributed by atoms with van der Waals surface area (Å²) >= 11 is 0. The molecule has 0 aliphatic heterocycles. The minimum Gasteiger partial charge on any atom is -0.481 e. The van der Waals surface area contributed by atoms with Gasteiger partial charge in [0.05, 0.1) is 12.8 Å². The van der Waals surface area contributed by atoms with Crippen molar-refractivity contribution in [1.29, 1.82) is 0 Å². The third-order valence-electron chi connectivity index (χ3n) is 1.38. The van der Waals surface area contributed by atoms with Gasteiger partial charge >= 0.3 is 23.9 Å². The topological polar surface area (TPSA) is 175 Å². The van der Waals surface area contributed by atoms with E-state index in [4.69, 9.17) is 26.2 Å². The molecule has 0 fully saturated rings. The van der Waals surface area contributed by atoms with Crippen LogP contribution in [-0.2, 0) is 19.2 Å². The van der Waals surface area contributed by atoms with Crippen molar-refractivity contribution in [3.63, 3.8) is 0 Å². The average molecular weight is 263 g/mol. The molecule has 0 aromatic carbocycles. The van der Waals surface area contributed by atoms with Crippen molar-refractivity contribution in [2.24, 2.45) is 5.73 Å². The molecule has 0 unspecified atom stereocenters. The lowest BCUT2D eigenvalue weighted by Gasteiger charge is -1.99. The van der Waals surface area contributed by atoms with Gasteiger partial charge < -0.3 is 26.2 Å². The maximum Gasteiger partial charge on any atom is 0.331 e. The van der Waals surface area contributed by atoms with Crippen LogP contribution >= 0.6 is 0 Å².